The van der Waals surface area contributed by atoms with Gasteiger partial charge in [0.15, 0.2) is 11.6 Å². The van der Waals surface area contributed by atoms with Crippen molar-refractivity contribution in [3.05, 3.63) is 41.2 Å². The molecule has 1 saturated carbocycles. The van der Waals surface area contributed by atoms with E-state index < -0.39 is 11.6 Å². The fraction of sp³-hybridized carbons (Fsp3) is 0.333. The number of nitrogens with one attached hydrogen (secondary N) is 2. The Kier molecular flexibility index (Phi) is 3.45. The van der Waals surface area contributed by atoms with Gasteiger partial charge in [0.2, 0.25) is 0 Å². The zero-order chi connectivity index (χ0) is 15.0. The molecule has 2 aromatic rings. The summed E-state index contributed by atoms with van der Waals surface area (Å²) in [5.41, 5.74) is 0.839. The van der Waals surface area contributed by atoms with Crippen LogP contribution in [-0.4, -0.2) is 17.0 Å². The molecule has 0 unspecified atom stereocenters. The number of anilines is 3. The number of aromatic nitrogens is 2. The van der Waals surface area contributed by atoms with Gasteiger partial charge in [-0.1, -0.05) is 6.07 Å². The average Bonchev–Trinajstić information content (AvgIpc) is 3.30. The van der Waals surface area contributed by atoms with Gasteiger partial charge >= 0.3 is 0 Å². The van der Waals surface area contributed by atoms with Crippen molar-refractivity contribution >= 4 is 17.3 Å². The molecule has 0 spiro atoms. The predicted molar refractivity (Wildman–Crippen MR) is 77.9 cm³/mol. The van der Waals surface area contributed by atoms with E-state index in [9.17, 15) is 8.78 Å². The first-order chi connectivity index (χ1) is 10.1. The van der Waals surface area contributed by atoms with Crippen molar-refractivity contribution in [2.45, 2.75) is 25.7 Å². The first kappa shape index (κ1) is 13.7. The third kappa shape index (κ3) is 2.66. The Morgan fingerprint density at radius 3 is 2.52 bits per heavy atom. The van der Waals surface area contributed by atoms with E-state index in [1.165, 1.54) is 12.1 Å². The van der Waals surface area contributed by atoms with Crippen LogP contribution >= 0.6 is 0 Å². The highest BCUT2D eigenvalue weighted by Gasteiger charge is 2.28. The molecule has 3 rings (SSSR count). The Bertz CT molecular complexity index is 684. The van der Waals surface area contributed by atoms with Crippen LogP contribution in [0.5, 0.6) is 0 Å². The van der Waals surface area contributed by atoms with Gasteiger partial charge < -0.3 is 10.6 Å². The molecule has 110 valence electrons. The molecular formula is C15H16F2N4. The van der Waals surface area contributed by atoms with E-state index in [2.05, 4.69) is 20.6 Å². The van der Waals surface area contributed by atoms with Crippen molar-refractivity contribution < 1.29 is 8.78 Å². The van der Waals surface area contributed by atoms with Crippen LogP contribution in [0.1, 0.15) is 30.1 Å². The van der Waals surface area contributed by atoms with Crippen LogP contribution in [0.3, 0.4) is 0 Å². The number of halogens is 2. The summed E-state index contributed by atoms with van der Waals surface area (Å²) in [5, 5.41) is 5.88. The molecule has 1 aliphatic carbocycles. The number of nitrogens with zero attached hydrogens (tertiary/aromatic N) is 2. The van der Waals surface area contributed by atoms with E-state index in [0.717, 1.165) is 30.3 Å². The summed E-state index contributed by atoms with van der Waals surface area (Å²) in [4.78, 5) is 8.92. The molecular weight excluding hydrogens is 274 g/mol. The lowest BCUT2D eigenvalue weighted by Crippen LogP contribution is -2.07. The Labute approximate surface area is 121 Å². The first-order valence-corrected chi connectivity index (χ1v) is 6.87. The Morgan fingerprint density at radius 2 is 1.86 bits per heavy atom. The summed E-state index contributed by atoms with van der Waals surface area (Å²) < 4.78 is 27.1. The van der Waals surface area contributed by atoms with Crippen molar-refractivity contribution in [3.8, 4) is 0 Å². The second kappa shape index (κ2) is 5.27. The molecule has 1 heterocycles. The summed E-state index contributed by atoms with van der Waals surface area (Å²) in [6, 6.07) is 4.02. The number of benzene rings is 1. The minimum atomic E-state index is -0.908. The topological polar surface area (TPSA) is 49.8 Å². The standard InChI is InChI=1S/C15H16F2N4/c1-8-13(18-2)20-15(9-6-7-9)21-14(8)19-11-5-3-4-10(16)12(11)17/h3-5,9H,6-7H2,1-2H3,(H2,18,19,20,21). The van der Waals surface area contributed by atoms with Crippen molar-refractivity contribution in [2.24, 2.45) is 0 Å². The second-order valence-corrected chi connectivity index (χ2v) is 5.15. The molecule has 0 saturated heterocycles. The van der Waals surface area contributed by atoms with Crippen LogP contribution in [0.25, 0.3) is 0 Å². The molecule has 0 radical (unpaired) electrons. The minimum Gasteiger partial charge on any atom is -0.373 e. The monoisotopic (exact) mass is 290 g/mol. The van der Waals surface area contributed by atoms with E-state index in [1.54, 1.807) is 7.05 Å². The molecule has 1 fully saturated rings. The van der Waals surface area contributed by atoms with Crippen molar-refractivity contribution in [1.82, 2.24) is 9.97 Å². The molecule has 1 aromatic heterocycles. The molecule has 0 bridgehead atoms. The summed E-state index contributed by atoms with van der Waals surface area (Å²) in [5.74, 6) is 0.518. The van der Waals surface area contributed by atoms with Gasteiger partial charge in [-0.25, -0.2) is 18.7 Å². The summed E-state index contributed by atoms with van der Waals surface area (Å²) >= 11 is 0. The lowest BCUT2D eigenvalue weighted by molar-refractivity contribution is 0.511. The Hall–Kier alpha value is -2.24. The second-order valence-electron chi connectivity index (χ2n) is 5.15. The van der Waals surface area contributed by atoms with Gasteiger partial charge in [-0.2, -0.15) is 0 Å². The predicted octanol–water partition coefficient (Wildman–Crippen LogP) is 3.73. The van der Waals surface area contributed by atoms with Gasteiger partial charge in [0.1, 0.15) is 17.5 Å². The van der Waals surface area contributed by atoms with Crippen molar-refractivity contribution in [1.29, 1.82) is 0 Å². The van der Waals surface area contributed by atoms with E-state index in [0.29, 0.717) is 17.6 Å². The number of hydrogen-bond donors (Lipinski definition) is 2. The summed E-state index contributed by atoms with van der Waals surface area (Å²) in [6.07, 6.45) is 2.14. The zero-order valence-corrected chi connectivity index (χ0v) is 11.9. The van der Waals surface area contributed by atoms with Gasteiger partial charge in [0.05, 0.1) is 5.69 Å². The van der Waals surface area contributed by atoms with E-state index >= 15 is 0 Å². The molecule has 0 amide bonds. The SMILES string of the molecule is CNc1nc(C2CC2)nc(Nc2cccc(F)c2F)c1C. The highest BCUT2D eigenvalue weighted by molar-refractivity contribution is 5.65. The van der Waals surface area contributed by atoms with Crippen LogP contribution in [0.2, 0.25) is 0 Å². The average molecular weight is 290 g/mol. The zero-order valence-electron chi connectivity index (χ0n) is 11.9. The quantitative estimate of drug-likeness (QED) is 0.901. The first-order valence-electron chi connectivity index (χ1n) is 6.87. The molecule has 4 nitrogen and oxygen atoms in total. The van der Waals surface area contributed by atoms with Gasteiger partial charge in [-0.15, -0.1) is 0 Å². The molecule has 0 atom stereocenters. The van der Waals surface area contributed by atoms with Crippen molar-refractivity contribution in [2.75, 3.05) is 17.7 Å². The van der Waals surface area contributed by atoms with Gasteiger partial charge in [-0.05, 0) is 31.9 Å². The lowest BCUT2D eigenvalue weighted by atomic mass is 10.2. The van der Waals surface area contributed by atoms with E-state index in [4.69, 9.17) is 0 Å². The maximum Gasteiger partial charge on any atom is 0.182 e. The van der Waals surface area contributed by atoms with Crippen LogP contribution in [-0.2, 0) is 0 Å². The van der Waals surface area contributed by atoms with Gasteiger partial charge in [-0.3, -0.25) is 0 Å². The fourth-order valence-electron chi connectivity index (χ4n) is 2.15. The maximum absolute atomic E-state index is 13.8. The Balaban J connectivity index is 2.01. The molecule has 2 N–H and O–H groups in total. The molecule has 6 heteroatoms. The molecule has 1 aromatic carbocycles. The maximum atomic E-state index is 13.8. The van der Waals surface area contributed by atoms with Crippen LogP contribution in [0, 0.1) is 18.6 Å². The highest BCUT2D eigenvalue weighted by Crippen LogP contribution is 2.40. The van der Waals surface area contributed by atoms with E-state index in [-0.39, 0.29) is 5.69 Å². The van der Waals surface area contributed by atoms with E-state index in [1.807, 2.05) is 6.92 Å². The van der Waals surface area contributed by atoms with Crippen LogP contribution < -0.4 is 10.6 Å². The minimum absolute atomic E-state index is 0.0700. The molecule has 0 aliphatic heterocycles. The third-order valence-electron chi connectivity index (χ3n) is 3.55. The number of rotatable bonds is 4. The lowest BCUT2D eigenvalue weighted by Gasteiger charge is -2.14. The molecule has 1 aliphatic rings. The smallest absolute Gasteiger partial charge is 0.182 e. The van der Waals surface area contributed by atoms with Gasteiger partial charge in [0.25, 0.3) is 0 Å². The largest absolute Gasteiger partial charge is 0.373 e. The van der Waals surface area contributed by atoms with Crippen LogP contribution in [0.15, 0.2) is 18.2 Å². The third-order valence-corrected chi connectivity index (χ3v) is 3.55. The normalized spacial score (nSPS) is 14.1. The fourth-order valence-corrected chi connectivity index (χ4v) is 2.15. The Morgan fingerprint density at radius 1 is 1.14 bits per heavy atom. The summed E-state index contributed by atoms with van der Waals surface area (Å²) in [7, 11) is 1.78. The number of hydrogen-bond acceptors (Lipinski definition) is 4. The summed E-state index contributed by atoms with van der Waals surface area (Å²) in [6.45, 7) is 1.84. The van der Waals surface area contributed by atoms with Gasteiger partial charge in [0, 0.05) is 18.5 Å². The van der Waals surface area contributed by atoms with Crippen molar-refractivity contribution in [3.63, 3.8) is 0 Å². The molecule has 21 heavy (non-hydrogen) atoms. The highest BCUT2D eigenvalue weighted by atomic mass is 19.2. The van der Waals surface area contributed by atoms with Crippen LogP contribution in [0.4, 0.5) is 26.1 Å².